The van der Waals surface area contributed by atoms with Crippen LogP contribution < -0.4 is 11.1 Å². The summed E-state index contributed by atoms with van der Waals surface area (Å²) in [6.45, 7) is 2.89. The molecule has 0 amide bonds. The second-order valence-corrected chi connectivity index (χ2v) is 5.81. The van der Waals surface area contributed by atoms with Gasteiger partial charge in [0.2, 0.25) is 0 Å². The van der Waals surface area contributed by atoms with Crippen LogP contribution in [0.15, 0.2) is 41.6 Å². The summed E-state index contributed by atoms with van der Waals surface area (Å²) in [6.07, 6.45) is 5.75. The van der Waals surface area contributed by atoms with Gasteiger partial charge in [-0.2, -0.15) is 5.10 Å². The van der Waals surface area contributed by atoms with Gasteiger partial charge in [-0.15, -0.1) is 11.8 Å². The number of thioether (sulfide) groups is 1. The molecule has 2 aromatic rings. The predicted molar refractivity (Wildman–Crippen MR) is 89.4 cm³/mol. The van der Waals surface area contributed by atoms with Crippen LogP contribution in [0.2, 0.25) is 0 Å². The summed E-state index contributed by atoms with van der Waals surface area (Å²) < 4.78 is 1.90. The number of thiocarbonyl (C=S) groups is 1. The molecular formula is C14H18N4S2. The summed E-state index contributed by atoms with van der Waals surface area (Å²) in [5.74, 6) is 0. The standard InChI is InChI=1S/C14H18N4S2/c1-10(9-18-8-4-7-16-18)17-11-5-3-6-12(20-2)13(11)14(15)19/h3-8,10,17H,9H2,1-2H3,(H2,15,19). The highest BCUT2D eigenvalue weighted by molar-refractivity contribution is 7.98. The number of nitrogens with one attached hydrogen (secondary N) is 1. The first-order chi connectivity index (χ1) is 9.61. The lowest BCUT2D eigenvalue weighted by Gasteiger charge is -2.19. The number of nitrogens with two attached hydrogens (primary N) is 1. The molecule has 1 unspecified atom stereocenters. The second kappa shape index (κ2) is 6.76. The molecule has 0 aliphatic carbocycles. The average molecular weight is 306 g/mol. The zero-order valence-electron chi connectivity index (χ0n) is 11.5. The van der Waals surface area contributed by atoms with Crippen molar-refractivity contribution in [1.82, 2.24) is 9.78 Å². The molecule has 0 radical (unpaired) electrons. The molecule has 1 atom stereocenters. The maximum atomic E-state index is 5.86. The third-order valence-corrected chi connectivity index (χ3v) is 3.90. The molecule has 20 heavy (non-hydrogen) atoms. The van der Waals surface area contributed by atoms with Crippen LogP contribution in [-0.2, 0) is 6.54 Å². The number of hydrogen-bond donors (Lipinski definition) is 2. The highest BCUT2D eigenvalue weighted by atomic mass is 32.2. The highest BCUT2D eigenvalue weighted by Gasteiger charge is 2.12. The van der Waals surface area contributed by atoms with Gasteiger partial charge >= 0.3 is 0 Å². The number of nitrogens with zero attached hydrogens (tertiary/aromatic N) is 2. The molecule has 4 nitrogen and oxygen atoms in total. The average Bonchev–Trinajstić information content (AvgIpc) is 2.90. The first kappa shape index (κ1) is 14.9. The van der Waals surface area contributed by atoms with Gasteiger partial charge in [0.15, 0.2) is 0 Å². The minimum absolute atomic E-state index is 0.222. The van der Waals surface area contributed by atoms with Crippen LogP contribution in [0.4, 0.5) is 5.69 Å². The number of hydrogen-bond acceptors (Lipinski definition) is 4. The zero-order valence-corrected chi connectivity index (χ0v) is 13.2. The lowest BCUT2D eigenvalue weighted by Crippen LogP contribution is -2.24. The number of rotatable bonds is 6. The summed E-state index contributed by atoms with van der Waals surface area (Å²) in [5, 5.41) is 7.67. The van der Waals surface area contributed by atoms with Crippen molar-refractivity contribution < 1.29 is 0 Å². The van der Waals surface area contributed by atoms with E-state index in [9.17, 15) is 0 Å². The lowest BCUT2D eigenvalue weighted by atomic mass is 10.1. The Hall–Kier alpha value is -1.53. The summed E-state index contributed by atoms with van der Waals surface area (Å²) in [7, 11) is 0. The molecule has 0 spiro atoms. The monoisotopic (exact) mass is 306 g/mol. The van der Waals surface area contributed by atoms with Gasteiger partial charge in [0.1, 0.15) is 4.99 Å². The molecule has 2 rings (SSSR count). The topological polar surface area (TPSA) is 55.9 Å². The van der Waals surface area contributed by atoms with Crippen molar-refractivity contribution in [2.45, 2.75) is 24.4 Å². The van der Waals surface area contributed by atoms with E-state index in [1.165, 1.54) is 0 Å². The van der Waals surface area contributed by atoms with E-state index in [1.807, 2.05) is 41.4 Å². The largest absolute Gasteiger partial charge is 0.389 e. The molecule has 6 heteroatoms. The molecule has 0 saturated heterocycles. The molecule has 0 saturated carbocycles. The zero-order chi connectivity index (χ0) is 14.5. The van der Waals surface area contributed by atoms with Gasteiger partial charge in [-0.1, -0.05) is 18.3 Å². The van der Waals surface area contributed by atoms with Crippen molar-refractivity contribution in [1.29, 1.82) is 0 Å². The predicted octanol–water partition coefficient (Wildman–Crippen LogP) is 2.74. The Balaban J connectivity index is 2.18. The third kappa shape index (κ3) is 3.52. The normalized spacial score (nSPS) is 12.1. The summed E-state index contributed by atoms with van der Waals surface area (Å²) >= 11 is 6.82. The molecule has 3 N–H and O–H groups in total. The van der Waals surface area contributed by atoms with Crippen LogP contribution >= 0.6 is 24.0 Å². The lowest BCUT2D eigenvalue weighted by molar-refractivity contribution is 0.561. The van der Waals surface area contributed by atoms with Gasteiger partial charge in [0.05, 0.1) is 6.54 Å². The Morgan fingerprint density at radius 2 is 2.30 bits per heavy atom. The molecular weight excluding hydrogens is 288 g/mol. The number of benzene rings is 1. The van der Waals surface area contributed by atoms with Gasteiger partial charge in [-0.25, -0.2) is 0 Å². The van der Waals surface area contributed by atoms with E-state index >= 15 is 0 Å². The molecule has 0 aliphatic heterocycles. The summed E-state index contributed by atoms with van der Waals surface area (Å²) in [4.78, 5) is 1.51. The molecule has 1 aromatic carbocycles. The third-order valence-electron chi connectivity index (χ3n) is 2.91. The smallest absolute Gasteiger partial charge is 0.107 e. The van der Waals surface area contributed by atoms with Crippen molar-refractivity contribution >= 4 is 34.7 Å². The van der Waals surface area contributed by atoms with E-state index in [-0.39, 0.29) is 6.04 Å². The minimum atomic E-state index is 0.222. The maximum absolute atomic E-state index is 5.86. The van der Waals surface area contributed by atoms with Crippen LogP contribution in [0.5, 0.6) is 0 Å². The Labute approximate surface area is 128 Å². The van der Waals surface area contributed by atoms with Gasteiger partial charge in [-0.05, 0) is 31.4 Å². The Bertz CT molecular complexity index is 581. The Kier molecular flexibility index (Phi) is 5.03. The fourth-order valence-corrected chi connectivity index (χ4v) is 3.00. The van der Waals surface area contributed by atoms with E-state index in [2.05, 4.69) is 17.3 Å². The van der Waals surface area contributed by atoms with E-state index in [0.717, 1.165) is 22.7 Å². The highest BCUT2D eigenvalue weighted by Crippen LogP contribution is 2.27. The van der Waals surface area contributed by atoms with Crippen molar-refractivity contribution in [2.24, 2.45) is 5.73 Å². The fraction of sp³-hybridized carbons (Fsp3) is 0.286. The van der Waals surface area contributed by atoms with Crippen LogP contribution in [0, 0.1) is 0 Å². The van der Waals surface area contributed by atoms with Gasteiger partial charge in [0.25, 0.3) is 0 Å². The molecule has 1 aromatic heterocycles. The molecule has 0 bridgehead atoms. The first-order valence-corrected chi connectivity index (χ1v) is 7.96. The van der Waals surface area contributed by atoms with Gasteiger partial charge < -0.3 is 11.1 Å². The van der Waals surface area contributed by atoms with Crippen LogP contribution in [0.3, 0.4) is 0 Å². The molecule has 1 heterocycles. The minimum Gasteiger partial charge on any atom is -0.389 e. The van der Waals surface area contributed by atoms with Crippen molar-refractivity contribution in [3.05, 3.63) is 42.2 Å². The Morgan fingerprint density at radius 1 is 1.50 bits per heavy atom. The van der Waals surface area contributed by atoms with Crippen LogP contribution in [-0.4, -0.2) is 27.1 Å². The number of anilines is 1. The molecule has 106 valence electrons. The van der Waals surface area contributed by atoms with Crippen LogP contribution in [0.25, 0.3) is 0 Å². The van der Waals surface area contributed by atoms with Crippen molar-refractivity contribution in [3.8, 4) is 0 Å². The number of aromatic nitrogens is 2. The van der Waals surface area contributed by atoms with Crippen molar-refractivity contribution in [2.75, 3.05) is 11.6 Å². The maximum Gasteiger partial charge on any atom is 0.107 e. The fourth-order valence-electron chi connectivity index (χ4n) is 2.08. The van der Waals surface area contributed by atoms with Gasteiger partial charge in [0, 0.05) is 34.6 Å². The van der Waals surface area contributed by atoms with E-state index in [1.54, 1.807) is 18.0 Å². The van der Waals surface area contributed by atoms with E-state index in [4.69, 9.17) is 18.0 Å². The summed E-state index contributed by atoms with van der Waals surface area (Å²) in [6, 6.07) is 8.19. The molecule has 0 aliphatic rings. The molecule has 0 fully saturated rings. The quantitative estimate of drug-likeness (QED) is 0.635. The van der Waals surface area contributed by atoms with Crippen molar-refractivity contribution in [3.63, 3.8) is 0 Å². The summed E-state index contributed by atoms with van der Waals surface area (Å²) in [5.41, 5.74) is 7.76. The SMILES string of the molecule is CSc1cccc(NC(C)Cn2cccn2)c1C(N)=S. The second-order valence-electron chi connectivity index (χ2n) is 4.52. The van der Waals surface area contributed by atoms with Crippen LogP contribution in [0.1, 0.15) is 12.5 Å². The first-order valence-electron chi connectivity index (χ1n) is 6.32. The van der Waals surface area contributed by atoms with E-state index < -0.39 is 0 Å². The Morgan fingerprint density at radius 3 is 2.90 bits per heavy atom. The van der Waals surface area contributed by atoms with Gasteiger partial charge in [-0.3, -0.25) is 4.68 Å². The van der Waals surface area contributed by atoms with E-state index in [0.29, 0.717) is 4.99 Å².